The van der Waals surface area contributed by atoms with Crippen LogP contribution in [0.2, 0.25) is 5.02 Å². The predicted octanol–water partition coefficient (Wildman–Crippen LogP) is 1.36. The molecule has 0 atom stereocenters. The first kappa shape index (κ1) is 16.0. The van der Waals surface area contributed by atoms with Crippen molar-refractivity contribution in [3.63, 3.8) is 0 Å². The monoisotopic (exact) mass is 328 g/mol. The van der Waals surface area contributed by atoms with E-state index >= 15 is 0 Å². The summed E-state index contributed by atoms with van der Waals surface area (Å²) >= 11 is 5.78. The molecule has 0 aliphatic heterocycles. The maximum atomic E-state index is 12.1. The van der Waals surface area contributed by atoms with Crippen LogP contribution in [0.3, 0.4) is 0 Å². The summed E-state index contributed by atoms with van der Waals surface area (Å²) in [5.41, 5.74) is 6.24. The molecule has 0 aliphatic rings. The number of aromatic nitrogens is 2. The van der Waals surface area contributed by atoms with Crippen LogP contribution in [0.5, 0.6) is 0 Å². The SMILES string of the molecule is NCCCn1cc(S(=O)(=O)NCc2ccc(Cl)cc2)cn1. The largest absolute Gasteiger partial charge is 0.330 e. The summed E-state index contributed by atoms with van der Waals surface area (Å²) < 4.78 is 28.4. The third-order valence-corrected chi connectivity index (χ3v) is 4.50. The van der Waals surface area contributed by atoms with Gasteiger partial charge in [-0.15, -0.1) is 0 Å². The van der Waals surface area contributed by atoms with E-state index in [1.165, 1.54) is 12.4 Å². The van der Waals surface area contributed by atoms with Gasteiger partial charge in [-0.1, -0.05) is 23.7 Å². The standard InChI is InChI=1S/C13H17ClN4O2S/c14-12-4-2-11(3-5-12)8-17-21(19,20)13-9-16-18(10-13)7-1-6-15/h2-5,9-10,17H,1,6-8,15H2. The molecule has 8 heteroatoms. The second-order valence-corrected chi connectivity index (χ2v) is 6.74. The van der Waals surface area contributed by atoms with Crippen LogP contribution in [0.15, 0.2) is 41.6 Å². The lowest BCUT2D eigenvalue weighted by Crippen LogP contribution is -2.22. The van der Waals surface area contributed by atoms with Gasteiger partial charge < -0.3 is 5.73 Å². The van der Waals surface area contributed by atoms with E-state index < -0.39 is 10.0 Å². The fraction of sp³-hybridized carbons (Fsp3) is 0.308. The maximum Gasteiger partial charge on any atom is 0.243 e. The van der Waals surface area contributed by atoms with E-state index in [2.05, 4.69) is 9.82 Å². The van der Waals surface area contributed by atoms with Crippen molar-refractivity contribution in [3.8, 4) is 0 Å². The molecule has 3 N–H and O–H groups in total. The Kier molecular flexibility index (Phi) is 5.35. The zero-order valence-electron chi connectivity index (χ0n) is 11.4. The summed E-state index contributed by atoms with van der Waals surface area (Å²) in [7, 11) is -3.57. The zero-order chi connectivity index (χ0) is 15.3. The van der Waals surface area contributed by atoms with Crippen molar-refractivity contribution in [3.05, 3.63) is 47.2 Å². The first-order valence-electron chi connectivity index (χ1n) is 6.48. The van der Waals surface area contributed by atoms with Gasteiger partial charge >= 0.3 is 0 Å². The molecule has 0 radical (unpaired) electrons. The number of rotatable bonds is 7. The minimum absolute atomic E-state index is 0.147. The van der Waals surface area contributed by atoms with E-state index in [1.54, 1.807) is 28.9 Å². The highest BCUT2D eigenvalue weighted by atomic mass is 35.5. The Balaban J connectivity index is 2.00. The molecule has 114 valence electrons. The van der Waals surface area contributed by atoms with Gasteiger partial charge in [0.15, 0.2) is 0 Å². The van der Waals surface area contributed by atoms with E-state index in [0.717, 1.165) is 12.0 Å². The molecule has 0 fully saturated rings. The fourth-order valence-electron chi connectivity index (χ4n) is 1.72. The van der Waals surface area contributed by atoms with E-state index in [9.17, 15) is 8.42 Å². The highest BCUT2D eigenvalue weighted by Crippen LogP contribution is 2.11. The Morgan fingerprint density at radius 3 is 2.67 bits per heavy atom. The molecule has 0 saturated heterocycles. The third kappa shape index (κ3) is 4.53. The van der Waals surface area contributed by atoms with Crippen molar-refractivity contribution in [1.82, 2.24) is 14.5 Å². The normalized spacial score (nSPS) is 11.7. The summed E-state index contributed by atoms with van der Waals surface area (Å²) in [5, 5.41) is 4.62. The van der Waals surface area contributed by atoms with Crippen molar-refractivity contribution in [1.29, 1.82) is 0 Å². The number of halogens is 1. The van der Waals surface area contributed by atoms with E-state index in [0.29, 0.717) is 18.1 Å². The number of nitrogens with zero attached hydrogens (tertiary/aromatic N) is 2. The molecule has 1 aromatic heterocycles. The lowest BCUT2D eigenvalue weighted by molar-refractivity contribution is 0.576. The first-order valence-corrected chi connectivity index (χ1v) is 8.34. The summed E-state index contributed by atoms with van der Waals surface area (Å²) in [6.45, 7) is 1.34. The molecular formula is C13H17ClN4O2S. The number of nitrogens with two attached hydrogens (primary N) is 1. The third-order valence-electron chi connectivity index (χ3n) is 2.89. The van der Waals surface area contributed by atoms with Gasteiger partial charge in [-0.3, -0.25) is 4.68 Å². The summed E-state index contributed by atoms with van der Waals surface area (Å²) in [6, 6.07) is 6.98. The van der Waals surface area contributed by atoms with Crippen LogP contribution in [-0.4, -0.2) is 24.7 Å². The predicted molar refractivity (Wildman–Crippen MR) is 81.4 cm³/mol. The fourth-order valence-corrected chi connectivity index (χ4v) is 2.82. The number of aryl methyl sites for hydroxylation is 1. The van der Waals surface area contributed by atoms with Crippen LogP contribution in [0, 0.1) is 0 Å². The number of hydrogen-bond donors (Lipinski definition) is 2. The average Bonchev–Trinajstić information content (AvgIpc) is 2.94. The molecule has 1 aromatic carbocycles. The second-order valence-electron chi connectivity index (χ2n) is 4.53. The van der Waals surface area contributed by atoms with Crippen LogP contribution < -0.4 is 10.5 Å². The number of nitrogens with one attached hydrogen (secondary N) is 1. The molecule has 0 aliphatic carbocycles. The van der Waals surface area contributed by atoms with Crippen molar-refractivity contribution >= 4 is 21.6 Å². The van der Waals surface area contributed by atoms with Crippen LogP contribution in [-0.2, 0) is 23.1 Å². The summed E-state index contributed by atoms with van der Waals surface area (Å²) in [6.07, 6.45) is 3.58. The minimum Gasteiger partial charge on any atom is -0.330 e. The lowest BCUT2D eigenvalue weighted by atomic mass is 10.2. The highest BCUT2D eigenvalue weighted by molar-refractivity contribution is 7.89. The van der Waals surface area contributed by atoms with Crippen LogP contribution >= 0.6 is 11.6 Å². The van der Waals surface area contributed by atoms with Crippen molar-refractivity contribution in [2.24, 2.45) is 5.73 Å². The average molecular weight is 329 g/mol. The van der Waals surface area contributed by atoms with Crippen molar-refractivity contribution in [2.75, 3.05) is 6.54 Å². The Morgan fingerprint density at radius 2 is 2.00 bits per heavy atom. The molecule has 0 bridgehead atoms. The van der Waals surface area contributed by atoms with Gasteiger partial charge in [-0.25, -0.2) is 13.1 Å². The van der Waals surface area contributed by atoms with Gasteiger partial charge in [-0.05, 0) is 30.7 Å². The van der Waals surface area contributed by atoms with Crippen LogP contribution in [0.4, 0.5) is 0 Å². The van der Waals surface area contributed by atoms with Crippen molar-refractivity contribution in [2.45, 2.75) is 24.4 Å². The van der Waals surface area contributed by atoms with Gasteiger partial charge in [0.25, 0.3) is 0 Å². The van der Waals surface area contributed by atoms with Gasteiger partial charge in [0.1, 0.15) is 4.90 Å². The Bertz CT molecular complexity index is 682. The zero-order valence-corrected chi connectivity index (χ0v) is 12.9. The van der Waals surface area contributed by atoms with Crippen LogP contribution in [0.1, 0.15) is 12.0 Å². The lowest BCUT2D eigenvalue weighted by Gasteiger charge is -2.05. The molecule has 0 amide bonds. The second kappa shape index (κ2) is 7.04. The Hall–Kier alpha value is -1.41. The highest BCUT2D eigenvalue weighted by Gasteiger charge is 2.16. The molecule has 2 aromatic rings. The number of hydrogen-bond acceptors (Lipinski definition) is 4. The van der Waals surface area contributed by atoms with Crippen LogP contribution in [0.25, 0.3) is 0 Å². The van der Waals surface area contributed by atoms with E-state index in [1.807, 2.05) is 0 Å². The maximum absolute atomic E-state index is 12.1. The first-order chi connectivity index (χ1) is 10.0. The summed E-state index contributed by atoms with van der Waals surface area (Å²) in [5.74, 6) is 0. The topological polar surface area (TPSA) is 90.0 Å². The van der Waals surface area contributed by atoms with E-state index in [4.69, 9.17) is 17.3 Å². The molecular weight excluding hydrogens is 312 g/mol. The van der Waals surface area contributed by atoms with Gasteiger partial charge in [-0.2, -0.15) is 5.10 Å². The number of benzene rings is 1. The Morgan fingerprint density at radius 1 is 1.29 bits per heavy atom. The number of sulfonamides is 1. The van der Waals surface area contributed by atoms with Crippen molar-refractivity contribution < 1.29 is 8.42 Å². The Labute approximate surface area is 129 Å². The molecule has 21 heavy (non-hydrogen) atoms. The van der Waals surface area contributed by atoms with E-state index in [-0.39, 0.29) is 11.4 Å². The molecule has 0 saturated carbocycles. The molecule has 2 rings (SSSR count). The van der Waals surface area contributed by atoms with Gasteiger partial charge in [0, 0.05) is 24.3 Å². The smallest absolute Gasteiger partial charge is 0.243 e. The van der Waals surface area contributed by atoms with Gasteiger partial charge in [0.2, 0.25) is 10.0 Å². The molecule has 1 heterocycles. The molecule has 0 unspecified atom stereocenters. The quantitative estimate of drug-likeness (QED) is 0.803. The molecule has 0 spiro atoms. The minimum atomic E-state index is -3.57. The van der Waals surface area contributed by atoms with Gasteiger partial charge in [0.05, 0.1) is 6.20 Å². The summed E-state index contributed by atoms with van der Waals surface area (Å²) in [4.78, 5) is 0.147. The molecule has 6 nitrogen and oxygen atoms in total.